The largest absolute Gasteiger partial charge is 0.379 e. The number of hydrogen-bond donors (Lipinski definition) is 2. The van der Waals surface area contributed by atoms with Crippen LogP contribution < -0.4 is 11.1 Å². The maximum atomic E-state index is 11.4. The van der Waals surface area contributed by atoms with Crippen LogP contribution in [0.1, 0.15) is 24.5 Å². The van der Waals surface area contributed by atoms with Gasteiger partial charge >= 0.3 is 0 Å². The molecule has 1 unspecified atom stereocenters. The Morgan fingerprint density at radius 1 is 1.44 bits per heavy atom. The number of benzene rings is 1. The summed E-state index contributed by atoms with van der Waals surface area (Å²) in [5.74, 6) is 0.956. The number of nitrogens with one attached hydrogen (secondary N) is 1. The first-order chi connectivity index (χ1) is 8.58. The number of amidine groups is 1. The summed E-state index contributed by atoms with van der Waals surface area (Å²) < 4.78 is 0. The van der Waals surface area contributed by atoms with Crippen LogP contribution in [0.25, 0.3) is 0 Å². The number of fused-ring (bicyclic) bond motifs is 1. The Morgan fingerprint density at radius 3 is 3.00 bits per heavy atom. The van der Waals surface area contributed by atoms with Crippen molar-refractivity contribution in [3.05, 3.63) is 29.3 Å². The van der Waals surface area contributed by atoms with Crippen molar-refractivity contribution >= 4 is 28.5 Å². The number of carbonyl (C=O) groups is 1. The molecular formula is C13H15N3OS. The number of hydrogen-bond acceptors (Lipinski definition) is 4. The average molecular weight is 261 g/mol. The number of nitrogens with two attached hydrogens (primary N) is 1. The van der Waals surface area contributed by atoms with E-state index in [0.717, 1.165) is 17.9 Å². The van der Waals surface area contributed by atoms with E-state index < -0.39 is 0 Å². The molecule has 2 aliphatic rings. The Hall–Kier alpha value is -1.49. The summed E-state index contributed by atoms with van der Waals surface area (Å²) in [6.07, 6.45) is 1.33. The smallest absolute Gasteiger partial charge is 0.224 e. The van der Waals surface area contributed by atoms with E-state index in [1.54, 1.807) is 11.8 Å². The summed E-state index contributed by atoms with van der Waals surface area (Å²) in [6, 6.07) is 6.02. The molecule has 5 heteroatoms. The lowest BCUT2D eigenvalue weighted by Gasteiger charge is -2.27. The van der Waals surface area contributed by atoms with Crippen molar-refractivity contribution in [2.45, 2.75) is 25.3 Å². The van der Waals surface area contributed by atoms with Gasteiger partial charge in [0.15, 0.2) is 5.17 Å². The average Bonchev–Trinajstić information content (AvgIpc) is 2.69. The quantitative estimate of drug-likeness (QED) is 0.810. The minimum atomic E-state index is -0.262. The third-order valence-electron chi connectivity index (χ3n) is 3.49. The van der Waals surface area contributed by atoms with Crippen LogP contribution in [0, 0.1) is 0 Å². The summed E-state index contributed by atoms with van der Waals surface area (Å²) in [5.41, 5.74) is 8.85. The molecule has 1 amide bonds. The van der Waals surface area contributed by atoms with E-state index in [1.807, 2.05) is 12.1 Å². The maximum Gasteiger partial charge on any atom is 0.224 e. The van der Waals surface area contributed by atoms with Crippen LogP contribution in [0.3, 0.4) is 0 Å². The lowest BCUT2D eigenvalue weighted by molar-refractivity contribution is -0.116. The molecule has 18 heavy (non-hydrogen) atoms. The Balaban J connectivity index is 2.09. The first-order valence-electron chi connectivity index (χ1n) is 5.99. The second-order valence-corrected chi connectivity index (χ2v) is 5.89. The van der Waals surface area contributed by atoms with Crippen molar-refractivity contribution in [2.24, 2.45) is 10.7 Å². The van der Waals surface area contributed by atoms with E-state index in [2.05, 4.69) is 23.3 Å². The summed E-state index contributed by atoms with van der Waals surface area (Å²) in [6.45, 7) is 2.10. The number of nitrogens with zero attached hydrogens (tertiary/aromatic N) is 1. The topological polar surface area (TPSA) is 67.5 Å². The lowest BCUT2D eigenvalue weighted by atomic mass is 9.86. The third kappa shape index (κ3) is 1.79. The molecule has 2 heterocycles. The van der Waals surface area contributed by atoms with Gasteiger partial charge in [-0.2, -0.15) is 0 Å². The van der Waals surface area contributed by atoms with E-state index in [0.29, 0.717) is 11.6 Å². The number of carbonyl (C=O) groups excluding carboxylic acids is 1. The molecule has 1 aromatic carbocycles. The summed E-state index contributed by atoms with van der Waals surface area (Å²) in [5, 5.41) is 3.57. The van der Waals surface area contributed by atoms with E-state index in [4.69, 9.17) is 5.73 Å². The van der Waals surface area contributed by atoms with E-state index in [-0.39, 0.29) is 11.4 Å². The zero-order valence-electron chi connectivity index (χ0n) is 10.2. The van der Waals surface area contributed by atoms with Crippen LogP contribution in [-0.4, -0.2) is 16.8 Å². The fourth-order valence-electron chi connectivity index (χ4n) is 2.59. The number of amides is 1. The normalized spacial score (nSPS) is 26.5. The van der Waals surface area contributed by atoms with Gasteiger partial charge in [-0.1, -0.05) is 23.9 Å². The zero-order valence-corrected chi connectivity index (χ0v) is 11.0. The molecule has 0 saturated carbocycles. The van der Waals surface area contributed by atoms with E-state index in [1.165, 1.54) is 11.1 Å². The third-order valence-corrected chi connectivity index (χ3v) is 4.58. The van der Waals surface area contributed by atoms with Gasteiger partial charge in [0.1, 0.15) is 0 Å². The highest BCUT2D eigenvalue weighted by molar-refractivity contribution is 8.14. The van der Waals surface area contributed by atoms with Gasteiger partial charge in [-0.25, -0.2) is 0 Å². The minimum Gasteiger partial charge on any atom is -0.379 e. The molecule has 0 aromatic heterocycles. The van der Waals surface area contributed by atoms with Crippen LogP contribution in [-0.2, 0) is 16.8 Å². The zero-order chi connectivity index (χ0) is 12.8. The van der Waals surface area contributed by atoms with Crippen LogP contribution in [0.5, 0.6) is 0 Å². The first kappa shape index (κ1) is 11.6. The maximum absolute atomic E-state index is 11.4. The lowest BCUT2D eigenvalue weighted by Crippen LogP contribution is -2.26. The second kappa shape index (κ2) is 4.02. The Kier molecular flexibility index (Phi) is 2.59. The van der Waals surface area contributed by atoms with Crippen molar-refractivity contribution in [2.75, 3.05) is 11.1 Å². The fraction of sp³-hybridized carbons (Fsp3) is 0.385. The molecule has 0 spiro atoms. The van der Waals surface area contributed by atoms with Gasteiger partial charge in [0.05, 0.1) is 5.54 Å². The van der Waals surface area contributed by atoms with Crippen molar-refractivity contribution in [1.82, 2.24) is 0 Å². The molecule has 0 bridgehead atoms. The minimum absolute atomic E-state index is 0.0913. The molecule has 3 rings (SSSR count). The number of rotatable bonds is 1. The van der Waals surface area contributed by atoms with Crippen molar-refractivity contribution in [3.8, 4) is 0 Å². The number of anilines is 1. The monoisotopic (exact) mass is 261 g/mol. The SMILES string of the molecule is CC1(c2cccc3c2CCC(=O)N3)CSC(N)=N1. The number of aliphatic imine (C=N–C) groups is 1. The predicted molar refractivity (Wildman–Crippen MR) is 74.8 cm³/mol. The van der Waals surface area contributed by atoms with Crippen LogP contribution in [0.4, 0.5) is 5.69 Å². The van der Waals surface area contributed by atoms with E-state index in [9.17, 15) is 4.79 Å². The highest BCUT2D eigenvalue weighted by atomic mass is 32.2. The van der Waals surface area contributed by atoms with Gasteiger partial charge in [0, 0.05) is 17.9 Å². The van der Waals surface area contributed by atoms with Crippen LogP contribution in [0.2, 0.25) is 0 Å². The Labute approximate surface area is 110 Å². The molecule has 0 saturated heterocycles. The molecule has 0 fully saturated rings. The summed E-state index contributed by atoms with van der Waals surface area (Å²) in [7, 11) is 0. The molecular weight excluding hydrogens is 246 g/mol. The summed E-state index contributed by atoms with van der Waals surface area (Å²) >= 11 is 1.59. The van der Waals surface area contributed by atoms with Gasteiger partial charge in [-0.05, 0) is 30.5 Å². The van der Waals surface area contributed by atoms with Crippen molar-refractivity contribution in [3.63, 3.8) is 0 Å². The Morgan fingerprint density at radius 2 is 2.28 bits per heavy atom. The standard InChI is InChI=1S/C13H15N3OS/c1-13(7-18-12(14)16-13)9-3-2-4-10-8(9)5-6-11(17)15-10/h2-4H,5-7H2,1H3,(H2,14,16)(H,15,17). The predicted octanol–water partition coefficient (Wildman–Crippen LogP) is 1.85. The van der Waals surface area contributed by atoms with Gasteiger partial charge in [-0.15, -0.1) is 0 Å². The molecule has 2 aliphatic heterocycles. The van der Waals surface area contributed by atoms with Gasteiger partial charge in [0.25, 0.3) is 0 Å². The van der Waals surface area contributed by atoms with Crippen molar-refractivity contribution in [1.29, 1.82) is 0 Å². The van der Waals surface area contributed by atoms with Crippen molar-refractivity contribution < 1.29 is 4.79 Å². The van der Waals surface area contributed by atoms with Gasteiger partial charge < -0.3 is 11.1 Å². The highest BCUT2D eigenvalue weighted by Gasteiger charge is 2.35. The van der Waals surface area contributed by atoms with E-state index >= 15 is 0 Å². The molecule has 4 nitrogen and oxygen atoms in total. The van der Waals surface area contributed by atoms with Gasteiger partial charge in [0.2, 0.25) is 5.91 Å². The Bertz CT molecular complexity index is 555. The second-order valence-electron chi connectivity index (χ2n) is 4.89. The molecule has 94 valence electrons. The fourth-order valence-corrected chi connectivity index (χ4v) is 3.50. The molecule has 0 aliphatic carbocycles. The molecule has 1 aromatic rings. The number of thioether (sulfide) groups is 1. The molecule has 1 atom stereocenters. The first-order valence-corrected chi connectivity index (χ1v) is 6.97. The van der Waals surface area contributed by atoms with Gasteiger partial charge in [-0.3, -0.25) is 9.79 Å². The molecule has 0 radical (unpaired) electrons. The van der Waals surface area contributed by atoms with Crippen LogP contribution in [0.15, 0.2) is 23.2 Å². The molecule has 3 N–H and O–H groups in total. The summed E-state index contributed by atoms with van der Waals surface area (Å²) in [4.78, 5) is 16.0. The highest BCUT2D eigenvalue weighted by Crippen LogP contribution is 2.40. The van der Waals surface area contributed by atoms with Crippen LogP contribution >= 0.6 is 11.8 Å².